The second kappa shape index (κ2) is 5.03. The third-order valence-corrected chi connectivity index (χ3v) is 2.48. The van der Waals surface area contributed by atoms with Gasteiger partial charge in [-0.25, -0.2) is 14.1 Å². The van der Waals surface area contributed by atoms with Gasteiger partial charge in [0.25, 0.3) is 0 Å². The van der Waals surface area contributed by atoms with Crippen molar-refractivity contribution >= 4 is 5.78 Å². The fourth-order valence-electron chi connectivity index (χ4n) is 1.65. The van der Waals surface area contributed by atoms with Crippen molar-refractivity contribution in [3.8, 4) is 0 Å². The average molecular weight is 248 g/mol. The summed E-state index contributed by atoms with van der Waals surface area (Å²) < 4.78 is 15.0. The van der Waals surface area contributed by atoms with E-state index >= 15 is 0 Å². The van der Waals surface area contributed by atoms with Crippen LogP contribution >= 0.6 is 0 Å². The lowest BCUT2D eigenvalue weighted by molar-refractivity contribution is 0.0980. The van der Waals surface area contributed by atoms with Crippen LogP contribution in [0.5, 0.6) is 0 Å². The summed E-state index contributed by atoms with van der Waals surface area (Å²) in [5.41, 5.74) is -0.157. The van der Waals surface area contributed by atoms with Gasteiger partial charge in [0.15, 0.2) is 11.6 Å². The number of hydrogen-bond donors (Lipinski definition) is 0. The van der Waals surface area contributed by atoms with Crippen LogP contribution in [-0.4, -0.2) is 25.5 Å². The summed E-state index contributed by atoms with van der Waals surface area (Å²) in [4.78, 5) is 19.7. The topological polar surface area (TPSA) is 60.7 Å². The molecule has 0 aliphatic rings. The molecule has 0 aromatic carbocycles. The number of carbonyl (C=O) groups excluding carboxylic acids is 1. The standard InChI is InChI=1S/C12H13FN4O/c1-8(2)17-11(15-7-16-17)6-10(18)12-9(13)4-3-5-14-12/h3-5,7-8H,6H2,1-2H3. The fourth-order valence-corrected chi connectivity index (χ4v) is 1.65. The minimum atomic E-state index is -0.613. The summed E-state index contributed by atoms with van der Waals surface area (Å²) in [5.74, 6) is -0.499. The minimum absolute atomic E-state index is 0.00782. The molecule has 0 unspecified atom stereocenters. The Morgan fingerprint density at radius 3 is 2.89 bits per heavy atom. The summed E-state index contributed by atoms with van der Waals surface area (Å²) >= 11 is 0. The fraction of sp³-hybridized carbons (Fsp3) is 0.333. The van der Waals surface area contributed by atoms with Gasteiger partial charge in [-0.1, -0.05) is 0 Å². The highest BCUT2D eigenvalue weighted by Gasteiger charge is 2.17. The van der Waals surface area contributed by atoms with Crippen LogP contribution in [0.3, 0.4) is 0 Å². The van der Waals surface area contributed by atoms with E-state index in [1.54, 1.807) is 4.68 Å². The first-order valence-electron chi connectivity index (χ1n) is 5.61. The molecule has 0 atom stereocenters. The average Bonchev–Trinajstić information content (AvgIpc) is 2.77. The zero-order chi connectivity index (χ0) is 13.1. The third-order valence-electron chi connectivity index (χ3n) is 2.48. The summed E-state index contributed by atoms with van der Waals surface area (Å²) in [6, 6.07) is 2.76. The van der Waals surface area contributed by atoms with E-state index in [4.69, 9.17) is 0 Å². The van der Waals surface area contributed by atoms with Crippen LogP contribution in [-0.2, 0) is 6.42 Å². The van der Waals surface area contributed by atoms with Crippen molar-refractivity contribution in [1.29, 1.82) is 0 Å². The number of ketones is 1. The van der Waals surface area contributed by atoms with Gasteiger partial charge in [-0.2, -0.15) is 5.10 Å². The number of carbonyl (C=O) groups is 1. The van der Waals surface area contributed by atoms with Gasteiger partial charge in [0.1, 0.15) is 17.8 Å². The second-order valence-electron chi connectivity index (χ2n) is 4.15. The molecule has 0 radical (unpaired) electrons. The van der Waals surface area contributed by atoms with E-state index in [2.05, 4.69) is 15.1 Å². The first kappa shape index (κ1) is 12.3. The lowest BCUT2D eigenvalue weighted by atomic mass is 10.2. The molecule has 2 aromatic rings. The largest absolute Gasteiger partial charge is 0.292 e. The van der Waals surface area contributed by atoms with Crippen LogP contribution in [0.4, 0.5) is 4.39 Å². The summed E-state index contributed by atoms with van der Waals surface area (Å²) in [7, 11) is 0. The Bertz CT molecular complexity index is 565. The number of halogens is 1. The van der Waals surface area contributed by atoms with E-state index in [9.17, 15) is 9.18 Å². The van der Waals surface area contributed by atoms with E-state index in [1.807, 2.05) is 13.8 Å². The van der Waals surface area contributed by atoms with Gasteiger partial charge in [-0.15, -0.1) is 0 Å². The second-order valence-corrected chi connectivity index (χ2v) is 4.15. The quantitative estimate of drug-likeness (QED) is 0.774. The summed E-state index contributed by atoms with van der Waals surface area (Å²) in [6.07, 6.45) is 2.77. The molecule has 0 amide bonds. The van der Waals surface area contributed by atoms with Gasteiger partial charge in [0.05, 0.1) is 6.42 Å². The Labute approximate surface area is 104 Å². The van der Waals surface area contributed by atoms with E-state index in [-0.39, 0.29) is 18.2 Å². The number of hydrogen-bond acceptors (Lipinski definition) is 4. The first-order valence-corrected chi connectivity index (χ1v) is 5.61. The van der Waals surface area contributed by atoms with Crippen LogP contribution in [0.15, 0.2) is 24.7 Å². The van der Waals surface area contributed by atoms with Crippen LogP contribution in [0.1, 0.15) is 36.2 Å². The molecule has 18 heavy (non-hydrogen) atoms. The van der Waals surface area contributed by atoms with Crippen LogP contribution < -0.4 is 0 Å². The Morgan fingerprint density at radius 1 is 1.44 bits per heavy atom. The van der Waals surface area contributed by atoms with E-state index < -0.39 is 11.6 Å². The van der Waals surface area contributed by atoms with Crippen LogP contribution in [0, 0.1) is 5.82 Å². The predicted molar refractivity (Wildman–Crippen MR) is 62.6 cm³/mol. The smallest absolute Gasteiger partial charge is 0.191 e. The number of pyridine rings is 1. The molecule has 6 heteroatoms. The van der Waals surface area contributed by atoms with E-state index in [1.165, 1.54) is 24.7 Å². The van der Waals surface area contributed by atoms with Crippen molar-refractivity contribution in [1.82, 2.24) is 19.7 Å². The van der Waals surface area contributed by atoms with Crippen molar-refractivity contribution in [2.45, 2.75) is 26.3 Å². The normalized spacial score (nSPS) is 10.9. The van der Waals surface area contributed by atoms with E-state index in [0.29, 0.717) is 5.82 Å². The van der Waals surface area contributed by atoms with E-state index in [0.717, 1.165) is 0 Å². The zero-order valence-corrected chi connectivity index (χ0v) is 10.2. The van der Waals surface area contributed by atoms with Crippen molar-refractivity contribution in [3.05, 3.63) is 42.0 Å². The van der Waals surface area contributed by atoms with Gasteiger partial charge in [-0.05, 0) is 26.0 Å². The molecule has 2 aromatic heterocycles. The first-order chi connectivity index (χ1) is 8.59. The molecule has 0 fully saturated rings. The molecule has 94 valence electrons. The summed E-state index contributed by atoms with van der Waals surface area (Å²) in [5, 5.41) is 4.02. The molecule has 2 rings (SSSR count). The van der Waals surface area contributed by atoms with Crippen LogP contribution in [0.2, 0.25) is 0 Å². The molecule has 0 saturated heterocycles. The number of Topliss-reactive ketones (excluding diaryl/α,β-unsaturated/α-hetero) is 1. The van der Waals surface area contributed by atoms with Crippen molar-refractivity contribution < 1.29 is 9.18 Å². The van der Waals surface area contributed by atoms with Gasteiger partial charge in [0, 0.05) is 12.2 Å². The maximum atomic E-state index is 13.4. The van der Waals surface area contributed by atoms with Crippen molar-refractivity contribution in [2.24, 2.45) is 0 Å². The van der Waals surface area contributed by atoms with Crippen molar-refractivity contribution in [2.75, 3.05) is 0 Å². The zero-order valence-electron chi connectivity index (χ0n) is 10.2. The third kappa shape index (κ3) is 2.42. The molecule has 0 bridgehead atoms. The molecule has 0 spiro atoms. The number of aromatic nitrogens is 4. The molecule has 0 saturated carbocycles. The SMILES string of the molecule is CC(C)n1ncnc1CC(=O)c1ncccc1F. The molecular formula is C12H13FN4O. The maximum Gasteiger partial charge on any atom is 0.191 e. The Morgan fingerprint density at radius 2 is 2.22 bits per heavy atom. The Balaban J connectivity index is 2.22. The molecule has 0 aliphatic carbocycles. The Kier molecular flexibility index (Phi) is 3.45. The van der Waals surface area contributed by atoms with Crippen LogP contribution in [0.25, 0.3) is 0 Å². The lowest BCUT2D eigenvalue weighted by Crippen LogP contribution is -2.15. The van der Waals surface area contributed by atoms with Gasteiger partial charge >= 0.3 is 0 Å². The Hall–Kier alpha value is -2.11. The number of rotatable bonds is 4. The predicted octanol–water partition coefficient (Wildman–Crippen LogP) is 1.82. The summed E-state index contributed by atoms with van der Waals surface area (Å²) in [6.45, 7) is 3.87. The highest BCUT2D eigenvalue weighted by molar-refractivity contribution is 5.95. The highest BCUT2D eigenvalue weighted by atomic mass is 19.1. The lowest BCUT2D eigenvalue weighted by Gasteiger charge is -2.08. The molecule has 0 N–H and O–H groups in total. The molecular weight excluding hydrogens is 235 g/mol. The maximum absolute atomic E-state index is 13.4. The molecule has 2 heterocycles. The molecule has 5 nitrogen and oxygen atoms in total. The van der Waals surface area contributed by atoms with Crippen molar-refractivity contribution in [3.63, 3.8) is 0 Å². The van der Waals surface area contributed by atoms with Gasteiger partial charge in [-0.3, -0.25) is 9.78 Å². The van der Waals surface area contributed by atoms with Gasteiger partial charge in [0.2, 0.25) is 0 Å². The minimum Gasteiger partial charge on any atom is -0.292 e. The monoisotopic (exact) mass is 248 g/mol. The van der Waals surface area contributed by atoms with Gasteiger partial charge < -0.3 is 0 Å². The number of nitrogens with zero attached hydrogens (tertiary/aromatic N) is 4. The highest BCUT2D eigenvalue weighted by Crippen LogP contribution is 2.10. The molecule has 0 aliphatic heterocycles.